The van der Waals surface area contributed by atoms with E-state index >= 15 is 0 Å². The fourth-order valence-corrected chi connectivity index (χ4v) is 1.43. The van der Waals surface area contributed by atoms with Crippen molar-refractivity contribution in [2.45, 2.75) is 44.9 Å². The van der Waals surface area contributed by atoms with Crippen LogP contribution in [0.4, 0.5) is 0 Å². The fourth-order valence-electron chi connectivity index (χ4n) is 1.43. The second-order valence-electron chi connectivity index (χ2n) is 3.62. The smallest absolute Gasteiger partial charge is 0.226 e. The van der Waals surface area contributed by atoms with E-state index < -0.39 is 0 Å². The topological polar surface area (TPSA) is 74.2 Å². The molecular weight excluding hydrogens is 182 g/mol. The van der Waals surface area contributed by atoms with Crippen LogP contribution < -0.4 is 5.73 Å². The van der Waals surface area contributed by atoms with Crippen molar-refractivity contribution in [1.82, 2.24) is 10.1 Å². The number of ether oxygens (including phenoxy) is 1. The Hall–Kier alpha value is -0.940. The molecule has 0 aliphatic heterocycles. The Morgan fingerprint density at radius 2 is 2.36 bits per heavy atom. The minimum Gasteiger partial charge on any atom is -0.370 e. The zero-order valence-electron chi connectivity index (χ0n) is 8.27. The van der Waals surface area contributed by atoms with Gasteiger partial charge in [-0.05, 0) is 12.8 Å². The molecule has 5 nitrogen and oxygen atoms in total. The monoisotopic (exact) mass is 197 g/mol. The van der Waals surface area contributed by atoms with Gasteiger partial charge in [-0.25, -0.2) is 0 Å². The minimum atomic E-state index is 0.286. The summed E-state index contributed by atoms with van der Waals surface area (Å²) >= 11 is 0. The van der Waals surface area contributed by atoms with Crippen LogP contribution in [0.5, 0.6) is 0 Å². The quantitative estimate of drug-likeness (QED) is 0.766. The van der Waals surface area contributed by atoms with Gasteiger partial charge in [0, 0.05) is 12.5 Å². The van der Waals surface area contributed by atoms with Crippen LogP contribution in [-0.4, -0.2) is 22.3 Å². The van der Waals surface area contributed by atoms with Crippen LogP contribution in [0, 0.1) is 0 Å². The average Bonchev–Trinajstić information content (AvgIpc) is 2.58. The van der Waals surface area contributed by atoms with E-state index in [2.05, 4.69) is 10.1 Å². The molecule has 0 bridgehead atoms. The second kappa shape index (κ2) is 4.06. The average molecular weight is 197 g/mol. The van der Waals surface area contributed by atoms with E-state index in [1.54, 1.807) is 0 Å². The Labute approximate surface area is 82.6 Å². The van der Waals surface area contributed by atoms with Crippen LogP contribution in [-0.2, 0) is 17.8 Å². The highest BCUT2D eigenvalue weighted by molar-refractivity contribution is 4.86. The van der Waals surface area contributed by atoms with Crippen molar-refractivity contribution in [3.8, 4) is 0 Å². The van der Waals surface area contributed by atoms with Crippen LogP contribution in [0.25, 0.3) is 0 Å². The van der Waals surface area contributed by atoms with Gasteiger partial charge in [0.15, 0.2) is 5.82 Å². The third-order valence-electron chi connectivity index (χ3n) is 2.39. The lowest BCUT2D eigenvalue weighted by atomic mass is 9.90. The van der Waals surface area contributed by atoms with Gasteiger partial charge < -0.3 is 15.0 Å². The highest BCUT2D eigenvalue weighted by Gasteiger charge is 2.26. The van der Waals surface area contributed by atoms with Gasteiger partial charge in [0.05, 0.1) is 6.10 Å². The Morgan fingerprint density at radius 3 is 2.93 bits per heavy atom. The number of nitrogens with two attached hydrogens (primary N) is 1. The fraction of sp³-hybridized carbons (Fsp3) is 0.778. The van der Waals surface area contributed by atoms with Crippen LogP contribution >= 0.6 is 0 Å². The van der Waals surface area contributed by atoms with Gasteiger partial charge in [-0.15, -0.1) is 0 Å². The number of aromatic nitrogens is 2. The SMILES string of the molecule is CCc1nc(COC2CC(N)C2)no1. The Bertz CT molecular complexity index is 294. The summed E-state index contributed by atoms with van der Waals surface area (Å²) in [5.41, 5.74) is 5.63. The molecule has 1 aliphatic rings. The van der Waals surface area contributed by atoms with E-state index in [9.17, 15) is 0 Å². The van der Waals surface area contributed by atoms with E-state index in [1.165, 1.54) is 0 Å². The van der Waals surface area contributed by atoms with Crippen LogP contribution in [0.15, 0.2) is 4.52 Å². The summed E-state index contributed by atoms with van der Waals surface area (Å²) in [6, 6.07) is 0.316. The number of nitrogens with zero attached hydrogens (tertiary/aromatic N) is 2. The summed E-state index contributed by atoms with van der Waals surface area (Å²) in [5.74, 6) is 1.29. The zero-order chi connectivity index (χ0) is 9.97. The highest BCUT2D eigenvalue weighted by Crippen LogP contribution is 2.21. The summed E-state index contributed by atoms with van der Waals surface area (Å²) in [7, 11) is 0. The van der Waals surface area contributed by atoms with Gasteiger partial charge in [-0.1, -0.05) is 12.1 Å². The molecule has 1 fully saturated rings. The molecule has 0 aromatic carbocycles. The number of hydrogen-bond acceptors (Lipinski definition) is 5. The summed E-state index contributed by atoms with van der Waals surface area (Å²) < 4.78 is 10.5. The molecule has 1 heterocycles. The van der Waals surface area contributed by atoms with Gasteiger partial charge in [-0.3, -0.25) is 0 Å². The van der Waals surface area contributed by atoms with Crippen molar-refractivity contribution in [3.63, 3.8) is 0 Å². The molecular formula is C9H15N3O2. The lowest BCUT2D eigenvalue weighted by molar-refractivity contribution is -0.0221. The van der Waals surface area contributed by atoms with E-state index in [1.807, 2.05) is 6.92 Å². The van der Waals surface area contributed by atoms with Gasteiger partial charge in [0.2, 0.25) is 5.89 Å². The first-order valence-corrected chi connectivity index (χ1v) is 4.96. The van der Waals surface area contributed by atoms with Crippen LogP contribution in [0.1, 0.15) is 31.5 Å². The summed E-state index contributed by atoms with van der Waals surface area (Å²) in [6.45, 7) is 2.41. The molecule has 1 aromatic rings. The summed E-state index contributed by atoms with van der Waals surface area (Å²) in [6.07, 6.45) is 2.94. The molecule has 14 heavy (non-hydrogen) atoms. The predicted octanol–water partition coefficient (Wildman–Crippen LogP) is 0.638. The van der Waals surface area contributed by atoms with Gasteiger partial charge in [0.1, 0.15) is 6.61 Å². The molecule has 5 heteroatoms. The van der Waals surface area contributed by atoms with Crippen molar-refractivity contribution in [3.05, 3.63) is 11.7 Å². The molecule has 78 valence electrons. The largest absolute Gasteiger partial charge is 0.370 e. The summed E-state index contributed by atoms with van der Waals surface area (Å²) in [4.78, 5) is 4.14. The Morgan fingerprint density at radius 1 is 1.57 bits per heavy atom. The molecule has 0 spiro atoms. The van der Waals surface area contributed by atoms with Crippen LogP contribution in [0.2, 0.25) is 0 Å². The first kappa shape index (κ1) is 9.61. The summed E-state index contributed by atoms with van der Waals surface area (Å²) in [5, 5.41) is 3.79. The molecule has 1 aliphatic carbocycles. The Kier molecular flexibility index (Phi) is 2.79. The molecule has 0 saturated heterocycles. The van der Waals surface area contributed by atoms with Gasteiger partial charge in [0.25, 0.3) is 0 Å². The van der Waals surface area contributed by atoms with Crippen LogP contribution in [0.3, 0.4) is 0 Å². The van der Waals surface area contributed by atoms with Crippen molar-refractivity contribution in [2.75, 3.05) is 0 Å². The normalized spacial score (nSPS) is 26.1. The molecule has 0 atom stereocenters. The number of hydrogen-bond donors (Lipinski definition) is 1. The molecule has 2 N–H and O–H groups in total. The molecule has 2 rings (SSSR count). The molecule has 0 amide bonds. The van der Waals surface area contributed by atoms with Crippen molar-refractivity contribution in [2.24, 2.45) is 5.73 Å². The number of rotatable bonds is 4. The molecule has 1 saturated carbocycles. The maximum Gasteiger partial charge on any atom is 0.226 e. The molecule has 0 radical (unpaired) electrons. The van der Waals surface area contributed by atoms with Gasteiger partial charge in [-0.2, -0.15) is 4.98 Å². The van der Waals surface area contributed by atoms with Crippen molar-refractivity contribution >= 4 is 0 Å². The zero-order valence-corrected chi connectivity index (χ0v) is 8.27. The molecule has 0 unspecified atom stereocenters. The van der Waals surface area contributed by atoms with E-state index in [4.69, 9.17) is 15.0 Å². The maximum atomic E-state index is 5.63. The highest BCUT2D eigenvalue weighted by atomic mass is 16.5. The Balaban J connectivity index is 1.75. The maximum absolute atomic E-state index is 5.63. The third kappa shape index (κ3) is 2.10. The van der Waals surface area contributed by atoms with E-state index in [0.717, 1.165) is 19.3 Å². The first-order valence-electron chi connectivity index (χ1n) is 4.96. The van der Waals surface area contributed by atoms with Crippen molar-refractivity contribution < 1.29 is 9.26 Å². The first-order chi connectivity index (χ1) is 6.78. The second-order valence-corrected chi connectivity index (χ2v) is 3.62. The number of aryl methyl sites for hydroxylation is 1. The third-order valence-corrected chi connectivity index (χ3v) is 2.39. The molecule has 1 aromatic heterocycles. The van der Waals surface area contributed by atoms with Crippen molar-refractivity contribution in [1.29, 1.82) is 0 Å². The van der Waals surface area contributed by atoms with E-state index in [-0.39, 0.29) is 6.10 Å². The standard InChI is InChI=1S/C9H15N3O2/c1-2-9-11-8(12-14-9)5-13-7-3-6(10)4-7/h6-7H,2-5,10H2,1H3. The van der Waals surface area contributed by atoms with Gasteiger partial charge >= 0.3 is 0 Å². The van der Waals surface area contributed by atoms with E-state index in [0.29, 0.717) is 24.4 Å². The minimum absolute atomic E-state index is 0.286. The lowest BCUT2D eigenvalue weighted by Crippen LogP contribution is -2.41. The predicted molar refractivity (Wildman–Crippen MR) is 49.5 cm³/mol. The lowest BCUT2D eigenvalue weighted by Gasteiger charge is -2.31.